The van der Waals surface area contributed by atoms with Crippen molar-refractivity contribution in [2.24, 2.45) is 11.3 Å². The summed E-state index contributed by atoms with van der Waals surface area (Å²) in [5.74, 6) is -6.61. The summed E-state index contributed by atoms with van der Waals surface area (Å²) in [7, 11) is 0. The highest BCUT2D eigenvalue weighted by Crippen LogP contribution is 2.69. The average molecular weight is 835 g/mol. The molecule has 2 aliphatic carbocycles. The van der Waals surface area contributed by atoms with Gasteiger partial charge in [-0.3, -0.25) is 9.59 Å². The van der Waals surface area contributed by atoms with Gasteiger partial charge in [-0.15, -0.1) is 0 Å². The molecule has 0 unspecified atom stereocenters. The number of carbonyl (C=O) groups is 6. The summed E-state index contributed by atoms with van der Waals surface area (Å²) in [6, 6.07) is 31.5. The van der Waals surface area contributed by atoms with Gasteiger partial charge in [-0.2, -0.15) is 0 Å². The molecule has 0 aromatic heterocycles. The van der Waals surface area contributed by atoms with Crippen molar-refractivity contribution < 1.29 is 67.0 Å². The van der Waals surface area contributed by atoms with Crippen LogP contribution in [0.15, 0.2) is 121 Å². The summed E-state index contributed by atoms with van der Waals surface area (Å²) in [5, 5.41) is 13.2. The number of ether oxygens (including phenoxy) is 7. The van der Waals surface area contributed by atoms with Crippen LogP contribution in [-0.4, -0.2) is 94.9 Å². The summed E-state index contributed by atoms with van der Waals surface area (Å²) in [4.78, 5) is 83.7. The van der Waals surface area contributed by atoms with Crippen molar-refractivity contribution in [1.29, 1.82) is 0 Å². The van der Waals surface area contributed by atoms with Gasteiger partial charge >= 0.3 is 35.8 Å². The van der Waals surface area contributed by atoms with Crippen LogP contribution >= 0.6 is 0 Å². The summed E-state index contributed by atoms with van der Waals surface area (Å²) in [6.07, 6.45) is -9.13. The molecule has 4 aromatic rings. The smallest absolute Gasteiger partial charge is 0.338 e. The van der Waals surface area contributed by atoms with Gasteiger partial charge in [0.05, 0.1) is 39.4 Å². The molecular formula is C47H46O14. The van der Waals surface area contributed by atoms with Gasteiger partial charge in [-0.05, 0) is 69.3 Å². The molecule has 1 N–H and O–H groups in total. The standard InChI is InChI=1S/C47H46O14/c1-28(48)55-27-46-37(59-42(52)32-22-14-8-15-23-32)34(57-40(50)30-18-10-6-11-19-30)26-45(5,54)47(46)38(56-29(2)49)35(44(3,4)61-47)36(58-41(51)31-20-12-7-13-21-31)39(46)60-43(53)33-24-16-9-17-25-33/h6-25,34-39,54H,26-27H2,1-5H3/t34-,35+,36+,37-,38+,39+,45-,46-,47-/m0/s1. The van der Waals surface area contributed by atoms with E-state index in [0.29, 0.717) is 0 Å². The first-order valence-corrected chi connectivity index (χ1v) is 19.8. The Labute approximate surface area is 352 Å². The second-order valence-electron chi connectivity index (χ2n) is 16.2. The fourth-order valence-corrected chi connectivity index (χ4v) is 9.53. The minimum Gasteiger partial charge on any atom is -0.465 e. The van der Waals surface area contributed by atoms with Crippen molar-refractivity contribution in [2.75, 3.05) is 6.61 Å². The van der Waals surface area contributed by atoms with Gasteiger partial charge in [0.25, 0.3) is 0 Å². The predicted molar refractivity (Wildman–Crippen MR) is 214 cm³/mol. The summed E-state index contributed by atoms with van der Waals surface area (Å²) in [5.41, 5.74) is -8.27. The zero-order valence-electron chi connectivity index (χ0n) is 34.2. The van der Waals surface area contributed by atoms with Crippen molar-refractivity contribution in [3.8, 4) is 0 Å². The Balaban J connectivity index is 1.55. The summed E-state index contributed by atoms with van der Waals surface area (Å²) in [6.45, 7) is 5.94. The molecule has 3 fully saturated rings. The van der Waals surface area contributed by atoms with E-state index >= 15 is 0 Å². The first-order valence-electron chi connectivity index (χ1n) is 19.8. The molecule has 61 heavy (non-hydrogen) atoms. The third-order valence-electron chi connectivity index (χ3n) is 11.9. The molecule has 9 atom stereocenters. The lowest BCUT2D eigenvalue weighted by Crippen LogP contribution is -2.85. The quantitative estimate of drug-likeness (QED) is 0.143. The largest absolute Gasteiger partial charge is 0.465 e. The Morgan fingerprint density at radius 3 is 1.39 bits per heavy atom. The molecular weight excluding hydrogens is 789 g/mol. The minimum atomic E-state index is -2.43. The molecule has 7 rings (SSSR count). The fraction of sp³-hybridized carbons (Fsp3) is 0.362. The topological polar surface area (TPSA) is 187 Å². The maximum atomic E-state index is 14.5. The van der Waals surface area contributed by atoms with Crippen LogP contribution in [0.2, 0.25) is 0 Å². The van der Waals surface area contributed by atoms with Crippen molar-refractivity contribution in [1.82, 2.24) is 0 Å². The molecule has 3 aliphatic rings. The summed E-state index contributed by atoms with van der Waals surface area (Å²) < 4.78 is 44.8. The molecule has 2 saturated carbocycles. The highest BCUT2D eigenvalue weighted by atomic mass is 16.7. The average Bonchev–Trinajstić information content (AvgIpc) is 3.44. The number of carbonyl (C=O) groups excluding carboxylic acids is 6. The van der Waals surface area contributed by atoms with Gasteiger partial charge in [0.2, 0.25) is 0 Å². The Kier molecular flexibility index (Phi) is 11.6. The van der Waals surface area contributed by atoms with Crippen LogP contribution in [0.3, 0.4) is 0 Å². The van der Waals surface area contributed by atoms with Gasteiger partial charge in [-0.25, -0.2) is 19.2 Å². The highest BCUT2D eigenvalue weighted by molar-refractivity contribution is 5.92. The van der Waals surface area contributed by atoms with E-state index in [1.807, 2.05) is 0 Å². The number of hydrogen-bond acceptors (Lipinski definition) is 14. The van der Waals surface area contributed by atoms with Crippen molar-refractivity contribution in [2.45, 2.75) is 88.4 Å². The molecule has 1 saturated heterocycles. The van der Waals surface area contributed by atoms with Crippen LogP contribution in [0.25, 0.3) is 0 Å². The van der Waals surface area contributed by atoms with E-state index in [2.05, 4.69) is 0 Å². The van der Waals surface area contributed by atoms with Crippen LogP contribution in [0.5, 0.6) is 0 Å². The molecule has 14 heteroatoms. The van der Waals surface area contributed by atoms with Gasteiger partial charge in [0.15, 0.2) is 17.8 Å². The second kappa shape index (κ2) is 16.6. The molecule has 1 aliphatic heterocycles. The van der Waals surface area contributed by atoms with Gasteiger partial charge < -0.3 is 38.3 Å². The minimum absolute atomic E-state index is 0.0485. The van der Waals surface area contributed by atoms with Crippen LogP contribution in [0, 0.1) is 11.3 Å². The SMILES string of the molecule is CC(=O)OC[C@]12[C@H](OC(=O)c3ccccc3)[C@H](OC(=O)c3ccccc3)[C@@H]3[C@@H](OC(C)=O)[C@]1(OC3(C)C)[C@@](C)(O)C[C@H](OC(=O)c1ccccc1)[C@@H]2OC(=O)c1ccccc1. The van der Waals surface area contributed by atoms with Crippen LogP contribution < -0.4 is 0 Å². The fourth-order valence-electron chi connectivity index (χ4n) is 9.53. The summed E-state index contributed by atoms with van der Waals surface area (Å²) >= 11 is 0. The van der Waals surface area contributed by atoms with Gasteiger partial charge in [0.1, 0.15) is 30.3 Å². The molecule has 2 bridgehead atoms. The maximum Gasteiger partial charge on any atom is 0.338 e. The number of aliphatic hydroxyl groups is 1. The number of esters is 6. The van der Waals surface area contributed by atoms with Crippen molar-refractivity contribution in [3.05, 3.63) is 144 Å². The predicted octanol–water partition coefficient (Wildman–Crippen LogP) is 5.70. The van der Waals surface area contributed by atoms with Gasteiger partial charge in [-0.1, -0.05) is 72.8 Å². The lowest BCUT2D eigenvalue weighted by molar-refractivity contribution is -0.360. The monoisotopic (exact) mass is 834 g/mol. The molecule has 1 heterocycles. The van der Waals surface area contributed by atoms with Crippen LogP contribution in [0.1, 0.15) is 82.5 Å². The van der Waals surface area contributed by atoms with Crippen molar-refractivity contribution in [3.63, 3.8) is 0 Å². The molecule has 14 nitrogen and oxygen atoms in total. The number of benzene rings is 4. The Morgan fingerprint density at radius 2 is 0.967 bits per heavy atom. The highest BCUT2D eigenvalue weighted by Gasteiger charge is 2.89. The molecule has 0 amide bonds. The Morgan fingerprint density at radius 1 is 0.557 bits per heavy atom. The third-order valence-corrected chi connectivity index (χ3v) is 11.9. The van der Waals surface area contributed by atoms with Gasteiger partial charge in [0, 0.05) is 20.3 Å². The zero-order chi connectivity index (χ0) is 43.7. The molecule has 1 spiro atoms. The second-order valence-corrected chi connectivity index (χ2v) is 16.2. The van der Waals surface area contributed by atoms with E-state index in [-0.39, 0.29) is 22.3 Å². The van der Waals surface area contributed by atoms with Crippen LogP contribution in [-0.2, 0) is 42.7 Å². The molecule has 0 radical (unpaired) electrons. The zero-order valence-corrected chi connectivity index (χ0v) is 34.2. The first kappa shape index (κ1) is 42.7. The maximum absolute atomic E-state index is 14.5. The number of fused-ring (bicyclic) bond motifs is 1. The lowest BCUT2D eigenvalue weighted by atomic mass is 9.45. The van der Waals surface area contributed by atoms with Crippen LogP contribution in [0.4, 0.5) is 0 Å². The lowest BCUT2D eigenvalue weighted by Gasteiger charge is -2.66. The van der Waals surface area contributed by atoms with E-state index in [1.54, 1.807) is 86.6 Å². The first-order chi connectivity index (χ1) is 29.0. The third kappa shape index (κ3) is 7.65. The van der Waals surface area contributed by atoms with Crippen molar-refractivity contribution >= 4 is 35.8 Å². The number of hydrogen-bond donors (Lipinski definition) is 1. The molecule has 318 valence electrons. The molecule has 4 aromatic carbocycles. The Hall–Kier alpha value is -6.38. The van der Waals surface area contributed by atoms with E-state index < -0.39 is 107 Å². The normalized spacial score (nSPS) is 29.5. The van der Waals surface area contributed by atoms with E-state index in [1.165, 1.54) is 55.5 Å². The van der Waals surface area contributed by atoms with E-state index in [9.17, 15) is 33.9 Å². The number of rotatable bonds is 11. The van der Waals surface area contributed by atoms with E-state index in [0.717, 1.165) is 13.8 Å². The Bertz CT molecular complexity index is 2280. The van der Waals surface area contributed by atoms with E-state index in [4.69, 9.17) is 33.2 Å².